The van der Waals surface area contributed by atoms with Gasteiger partial charge in [-0.05, 0) is 43.2 Å². The number of aryl methyl sites for hydroxylation is 1. The van der Waals surface area contributed by atoms with Crippen molar-refractivity contribution in [3.8, 4) is 22.6 Å². The van der Waals surface area contributed by atoms with Crippen molar-refractivity contribution in [1.82, 2.24) is 14.5 Å². The summed E-state index contributed by atoms with van der Waals surface area (Å²) in [5, 5.41) is 0. The van der Waals surface area contributed by atoms with Gasteiger partial charge < -0.3 is 23.8 Å². The van der Waals surface area contributed by atoms with Crippen LogP contribution in [0.3, 0.4) is 0 Å². The highest BCUT2D eigenvalue weighted by Crippen LogP contribution is 2.40. The Morgan fingerprint density at radius 1 is 1.06 bits per heavy atom. The summed E-state index contributed by atoms with van der Waals surface area (Å²) in [6.07, 6.45) is 3.61. The van der Waals surface area contributed by atoms with Gasteiger partial charge in [0.1, 0.15) is 23.7 Å². The van der Waals surface area contributed by atoms with E-state index in [4.69, 9.17) is 19.2 Å². The van der Waals surface area contributed by atoms with E-state index in [1.165, 1.54) is 10.6 Å². The lowest BCUT2D eigenvalue weighted by Crippen LogP contribution is -2.15. The summed E-state index contributed by atoms with van der Waals surface area (Å²) in [5.74, 6) is 1.95. The van der Waals surface area contributed by atoms with E-state index in [9.17, 15) is 9.59 Å². The minimum atomic E-state index is -0.349. The van der Waals surface area contributed by atoms with Gasteiger partial charge in [0.05, 0.1) is 11.1 Å². The van der Waals surface area contributed by atoms with E-state index >= 15 is 0 Å². The van der Waals surface area contributed by atoms with Gasteiger partial charge in [-0.15, -0.1) is 0 Å². The second-order valence-corrected chi connectivity index (χ2v) is 8.71. The maximum atomic E-state index is 12.1. The first-order chi connectivity index (χ1) is 16.6. The van der Waals surface area contributed by atoms with Crippen molar-refractivity contribution in [2.24, 2.45) is 7.05 Å². The third-order valence-corrected chi connectivity index (χ3v) is 6.51. The van der Waals surface area contributed by atoms with Crippen LogP contribution >= 0.6 is 0 Å². The molecule has 0 bridgehead atoms. The van der Waals surface area contributed by atoms with Gasteiger partial charge in [0, 0.05) is 55.1 Å². The van der Waals surface area contributed by atoms with E-state index in [1.54, 1.807) is 25.4 Å². The molecule has 2 aliphatic heterocycles. The summed E-state index contributed by atoms with van der Waals surface area (Å²) >= 11 is 0. The number of benzene rings is 2. The molecule has 0 spiro atoms. The molecule has 0 unspecified atom stereocenters. The maximum Gasteiger partial charge on any atom is 0.339 e. The van der Waals surface area contributed by atoms with Crippen molar-refractivity contribution in [2.75, 3.05) is 13.2 Å². The van der Waals surface area contributed by atoms with E-state index in [0.717, 1.165) is 54.1 Å². The first-order valence-electron chi connectivity index (χ1n) is 11.3. The SMILES string of the molecule is Cn1cc(-c2ccc3[nH]c(C4CCOCC4)nc3c2Oc2ccc3c(c2)C(=O)OC3)ccc1=O. The van der Waals surface area contributed by atoms with Gasteiger partial charge in [0.15, 0.2) is 5.75 Å². The van der Waals surface area contributed by atoms with Crippen LogP contribution in [-0.2, 0) is 23.1 Å². The van der Waals surface area contributed by atoms with Gasteiger partial charge in [0.2, 0.25) is 5.56 Å². The number of carbonyl (C=O) groups excluding carboxylic acids is 1. The summed E-state index contributed by atoms with van der Waals surface area (Å²) < 4.78 is 18.6. The van der Waals surface area contributed by atoms with Crippen molar-refractivity contribution < 1.29 is 19.0 Å². The molecule has 1 saturated heterocycles. The molecule has 4 heterocycles. The van der Waals surface area contributed by atoms with E-state index in [1.807, 2.05) is 24.3 Å². The number of pyridine rings is 1. The van der Waals surface area contributed by atoms with Gasteiger partial charge in [0.25, 0.3) is 0 Å². The fraction of sp³-hybridized carbons (Fsp3) is 0.269. The van der Waals surface area contributed by atoms with Gasteiger partial charge in [-0.25, -0.2) is 9.78 Å². The standard InChI is InChI=1S/C26H23N3O5/c1-29-13-16(3-7-22(29)30)19-5-6-21-23(28-25(27-21)15-8-10-32-11-9-15)24(19)34-18-4-2-17-14-33-26(31)20(17)12-18/h2-7,12-13,15H,8-11,14H2,1H3,(H,27,28). The van der Waals surface area contributed by atoms with E-state index in [2.05, 4.69) is 4.98 Å². The molecular formula is C26H23N3O5. The Morgan fingerprint density at radius 3 is 2.74 bits per heavy atom. The van der Waals surface area contributed by atoms with E-state index in [0.29, 0.717) is 28.5 Å². The Labute approximate surface area is 195 Å². The Morgan fingerprint density at radius 2 is 1.91 bits per heavy atom. The molecule has 2 aliphatic rings. The zero-order valence-corrected chi connectivity index (χ0v) is 18.7. The molecule has 4 aromatic rings. The molecule has 8 heteroatoms. The largest absolute Gasteiger partial charge is 0.457 e. The molecule has 1 N–H and O–H groups in total. The number of H-pyrrole nitrogens is 1. The van der Waals surface area contributed by atoms with Crippen LogP contribution in [0.25, 0.3) is 22.2 Å². The number of nitrogens with zero attached hydrogens (tertiary/aromatic N) is 2. The summed E-state index contributed by atoms with van der Waals surface area (Å²) in [7, 11) is 1.72. The number of aromatic amines is 1. The first kappa shape index (κ1) is 20.7. The Hall–Kier alpha value is -3.91. The van der Waals surface area contributed by atoms with Gasteiger partial charge in [-0.2, -0.15) is 0 Å². The first-order valence-corrected chi connectivity index (χ1v) is 11.3. The smallest absolute Gasteiger partial charge is 0.339 e. The molecular weight excluding hydrogens is 434 g/mol. The quantitative estimate of drug-likeness (QED) is 0.460. The highest BCUT2D eigenvalue weighted by Gasteiger charge is 2.24. The van der Waals surface area contributed by atoms with Gasteiger partial charge in [-0.1, -0.05) is 6.07 Å². The Balaban J connectivity index is 1.50. The lowest BCUT2D eigenvalue weighted by Gasteiger charge is -2.19. The van der Waals surface area contributed by atoms with Crippen LogP contribution in [0.4, 0.5) is 0 Å². The molecule has 2 aromatic heterocycles. The van der Waals surface area contributed by atoms with Crippen LogP contribution in [0, 0.1) is 0 Å². The average Bonchev–Trinajstić information content (AvgIpc) is 3.46. The highest BCUT2D eigenvalue weighted by molar-refractivity contribution is 5.94. The highest BCUT2D eigenvalue weighted by atomic mass is 16.5. The lowest BCUT2D eigenvalue weighted by molar-refractivity contribution is 0.0535. The van der Waals surface area contributed by atoms with Crippen molar-refractivity contribution in [1.29, 1.82) is 0 Å². The van der Waals surface area contributed by atoms with Crippen LogP contribution in [0.5, 0.6) is 11.5 Å². The molecule has 0 radical (unpaired) electrons. The summed E-state index contributed by atoms with van der Waals surface area (Å²) in [6, 6.07) is 12.6. The lowest BCUT2D eigenvalue weighted by atomic mass is 10.00. The third-order valence-electron chi connectivity index (χ3n) is 6.51. The van der Waals surface area contributed by atoms with Crippen LogP contribution in [0.2, 0.25) is 0 Å². The monoisotopic (exact) mass is 457 g/mol. The van der Waals surface area contributed by atoms with Crippen LogP contribution in [-0.4, -0.2) is 33.7 Å². The van der Waals surface area contributed by atoms with Crippen molar-refractivity contribution in [3.05, 3.63) is 76.0 Å². The fourth-order valence-electron chi connectivity index (χ4n) is 4.59. The number of carbonyl (C=O) groups is 1. The summed E-state index contributed by atoms with van der Waals surface area (Å²) in [5.41, 5.74) is 4.47. The minimum absolute atomic E-state index is 0.0917. The number of aromatic nitrogens is 3. The molecule has 0 atom stereocenters. The molecule has 6 rings (SSSR count). The minimum Gasteiger partial charge on any atom is -0.457 e. The van der Waals surface area contributed by atoms with Crippen molar-refractivity contribution in [3.63, 3.8) is 0 Å². The second kappa shape index (κ2) is 8.14. The maximum absolute atomic E-state index is 12.1. The zero-order valence-electron chi connectivity index (χ0n) is 18.7. The predicted octanol–water partition coefficient (Wildman–Crippen LogP) is 4.29. The van der Waals surface area contributed by atoms with Crippen LogP contribution in [0.1, 0.15) is 40.5 Å². The third kappa shape index (κ3) is 3.56. The number of nitrogens with one attached hydrogen (secondary N) is 1. The van der Waals surface area contributed by atoms with Crippen LogP contribution < -0.4 is 10.3 Å². The molecule has 0 saturated carbocycles. The van der Waals surface area contributed by atoms with Crippen molar-refractivity contribution >= 4 is 17.0 Å². The Kier molecular flexibility index (Phi) is 4.95. The Bertz CT molecular complexity index is 1480. The van der Waals surface area contributed by atoms with Crippen LogP contribution in [0.15, 0.2) is 53.5 Å². The van der Waals surface area contributed by atoms with Gasteiger partial charge >= 0.3 is 5.97 Å². The molecule has 8 nitrogen and oxygen atoms in total. The molecule has 2 aromatic carbocycles. The molecule has 34 heavy (non-hydrogen) atoms. The van der Waals surface area contributed by atoms with E-state index in [-0.39, 0.29) is 18.1 Å². The molecule has 0 amide bonds. The van der Waals surface area contributed by atoms with Gasteiger partial charge in [-0.3, -0.25) is 4.79 Å². The van der Waals surface area contributed by atoms with Crippen molar-refractivity contribution in [2.45, 2.75) is 25.4 Å². The molecule has 1 fully saturated rings. The second-order valence-electron chi connectivity index (χ2n) is 8.71. The normalized spacial score (nSPS) is 16.0. The summed E-state index contributed by atoms with van der Waals surface area (Å²) in [6.45, 7) is 1.72. The molecule has 0 aliphatic carbocycles. The zero-order chi connectivity index (χ0) is 23.2. The van der Waals surface area contributed by atoms with E-state index < -0.39 is 0 Å². The average molecular weight is 457 g/mol. The number of ether oxygens (including phenoxy) is 3. The number of fused-ring (bicyclic) bond motifs is 2. The fourth-order valence-corrected chi connectivity index (χ4v) is 4.59. The number of rotatable bonds is 4. The predicted molar refractivity (Wildman–Crippen MR) is 125 cm³/mol. The molecule has 172 valence electrons. The summed E-state index contributed by atoms with van der Waals surface area (Å²) in [4.78, 5) is 32.5. The topological polar surface area (TPSA) is 95.4 Å². The number of esters is 1. The number of hydrogen-bond donors (Lipinski definition) is 1. The number of cyclic esters (lactones) is 1. The number of hydrogen-bond acceptors (Lipinski definition) is 6. The number of imidazole rings is 1.